The molecule has 0 spiro atoms. The standard InChI is InChI=1S/C14H28BNO.CH4/c1-4-5-11-15-16-13(14(2,3)17-15)12-9-7-6-8-10-12;/h12-13,16H,4-11H2,1-3H3;1H4/t13-;/m1./s1. The Labute approximate surface area is 114 Å². The van der Waals surface area contributed by atoms with Crippen LogP contribution in [0.5, 0.6) is 0 Å². The number of hydrogen-bond donors (Lipinski definition) is 1. The summed E-state index contributed by atoms with van der Waals surface area (Å²) in [5, 5.41) is 3.76. The summed E-state index contributed by atoms with van der Waals surface area (Å²) in [5.74, 6) is 0.838. The zero-order chi connectivity index (χ0) is 12.3. The lowest BCUT2D eigenvalue weighted by Crippen LogP contribution is -2.46. The van der Waals surface area contributed by atoms with Gasteiger partial charge in [0.2, 0.25) is 0 Å². The van der Waals surface area contributed by atoms with Gasteiger partial charge in [-0.3, -0.25) is 0 Å². The summed E-state index contributed by atoms with van der Waals surface area (Å²) in [6.45, 7) is 6.79. The van der Waals surface area contributed by atoms with Crippen molar-refractivity contribution < 1.29 is 4.65 Å². The molecule has 0 unspecified atom stereocenters. The summed E-state index contributed by atoms with van der Waals surface area (Å²) in [6.07, 6.45) is 10.8. The number of rotatable bonds is 4. The second kappa shape index (κ2) is 6.95. The van der Waals surface area contributed by atoms with E-state index in [4.69, 9.17) is 4.65 Å². The molecule has 0 aromatic rings. The first-order chi connectivity index (χ1) is 8.13. The maximum atomic E-state index is 6.21. The smallest absolute Gasteiger partial charge is 0.380 e. The average molecular weight is 253 g/mol. The monoisotopic (exact) mass is 253 g/mol. The van der Waals surface area contributed by atoms with Crippen LogP contribution in [0.25, 0.3) is 0 Å². The first kappa shape index (κ1) is 16.0. The van der Waals surface area contributed by atoms with Crippen LogP contribution in [0.15, 0.2) is 0 Å². The van der Waals surface area contributed by atoms with Gasteiger partial charge in [-0.15, -0.1) is 0 Å². The zero-order valence-corrected chi connectivity index (χ0v) is 11.8. The SMILES string of the molecule is C.CCCCB1N[C@H](C2CCCCC2)C(C)(C)O1. The van der Waals surface area contributed by atoms with Crippen LogP contribution in [-0.4, -0.2) is 18.7 Å². The van der Waals surface area contributed by atoms with Crippen LogP contribution < -0.4 is 5.23 Å². The lowest BCUT2D eigenvalue weighted by molar-refractivity contribution is 0.0766. The summed E-state index contributed by atoms with van der Waals surface area (Å²) < 4.78 is 6.21. The Morgan fingerprint density at radius 2 is 1.89 bits per heavy atom. The van der Waals surface area contributed by atoms with Gasteiger partial charge in [0.1, 0.15) is 0 Å². The van der Waals surface area contributed by atoms with Crippen LogP contribution in [0.2, 0.25) is 6.32 Å². The van der Waals surface area contributed by atoms with Crippen molar-refractivity contribution in [3.63, 3.8) is 0 Å². The molecule has 1 aliphatic carbocycles. The van der Waals surface area contributed by atoms with Gasteiger partial charge in [-0.05, 0) is 38.9 Å². The molecule has 1 heterocycles. The van der Waals surface area contributed by atoms with E-state index in [-0.39, 0.29) is 13.0 Å². The quantitative estimate of drug-likeness (QED) is 0.756. The van der Waals surface area contributed by atoms with Crippen LogP contribution in [0.4, 0.5) is 0 Å². The minimum Gasteiger partial charge on any atom is -0.415 e. The first-order valence-corrected chi connectivity index (χ1v) is 7.57. The van der Waals surface area contributed by atoms with Crippen molar-refractivity contribution >= 4 is 7.05 Å². The van der Waals surface area contributed by atoms with Crippen LogP contribution in [0.3, 0.4) is 0 Å². The molecule has 2 nitrogen and oxygen atoms in total. The summed E-state index contributed by atoms with van der Waals surface area (Å²) in [7, 11) is 0.303. The molecule has 0 aromatic heterocycles. The molecule has 1 N–H and O–H groups in total. The van der Waals surface area contributed by atoms with Gasteiger partial charge < -0.3 is 9.88 Å². The van der Waals surface area contributed by atoms with Crippen molar-refractivity contribution in [2.75, 3.05) is 0 Å². The van der Waals surface area contributed by atoms with E-state index in [1.807, 2.05) is 0 Å². The number of unbranched alkanes of at least 4 members (excludes halogenated alkanes) is 1. The van der Waals surface area contributed by atoms with Crippen LogP contribution >= 0.6 is 0 Å². The van der Waals surface area contributed by atoms with Crippen molar-refractivity contribution in [1.82, 2.24) is 5.23 Å². The molecule has 2 fully saturated rings. The van der Waals surface area contributed by atoms with Crippen molar-refractivity contribution in [1.29, 1.82) is 0 Å². The largest absolute Gasteiger partial charge is 0.415 e. The van der Waals surface area contributed by atoms with E-state index in [1.54, 1.807) is 0 Å². The Bertz CT molecular complexity index is 239. The Kier molecular flexibility index (Phi) is 6.20. The van der Waals surface area contributed by atoms with Crippen LogP contribution in [-0.2, 0) is 4.65 Å². The Balaban J connectivity index is 0.00000162. The van der Waals surface area contributed by atoms with Gasteiger partial charge in [0.15, 0.2) is 0 Å². The summed E-state index contributed by atoms with van der Waals surface area (Å²) in [6, 6.07) is 0.574. The molecular formula is C15H32BNO. The van der Waals surface area contributed by atoms with Crippen molar-refractivity contribution in [3.05, 3.63) is 0 Å². The summed E-state index contributed by atoms with van der Waals surface area (Å²) in [4.78, 5) is 0. The minimum absolute atomic E-state index is 0. The predicted molar refractivity (Wildman–Crippen MR) is 80.9 cm³/mol. The van der Waals surface area contributed by atoms with E-state index >= 15 is 0 Å². The third kappa shape index (κ3) is 3.74. The first-order valence-electron chi connectivity index (χ1n) is 7.57. The maximum absolute atomic E-state index is 6.21. The van der Waals surface area contributed by atoms with Gasteiger partial charge in [0.25, 0.3) is 0 Å². The van der Waals surface area contributed by atoms with E-state index in [1.165, 1.54) is 51.3 Å². The highest BCUT2D eigenvalue weighted by atomic mass is 16.5. The molecule has 1 atom stereocenters. The van der Waals surface area contributed by atoms with Gasteiger partial charge in [0.05, 0.1) is 5.60 Å². The molecule has 1 saturated heterocycles. The molecule has 2 aliphatic rings. The molecule has 106 valence electrons. The molecule has 18 heavy (non-hydrogen) atoms. The second-order valence-electron chi connectivity index (χ2n) is 6.39. The molecule has 3 heteroatoms. The predicted octanol–water partition coefficient (Wildman–Crippen LogP) is 4.26. The molecule has 1 saturated carbocycles. The van der Waals surface area contributed by atoms with Gasteiger partial charge in [-0.1, -0.05) is 46.5 Å². The van der Waals surface area contributed by atoms with E-state index in [2.05, 4.69) is 26.0 Å². The number of nitrogens with one attached hydrogen (secondary N) is 1. The van der Waals surface area contributed by atoms with E-state index in [9.17, 15) is 0 Å². The molecule has 2 rings (SSSR count). The van der Waals surface area contributed by atoms with Gasteiger partial charge in [-0.25, -0.2) is 0 Å². The molecule has 0 bridgehead atoms. The van der Waals surface area contributed by atoms with Crippen molar-refractivity contribution in [2.24, 2.45) is 5.92 Å². The highest BCUT2D eigenvalue weighted by Gasteiger charge is 2.46. The normalized spacial score (nSPS) is 28.2. The van der Waals surface area contributed by atoms with Gasteiger partial charge in [-0.2, -0.15) is 0 Å². The number of hydrogen-bond acceptors (Lipinski definition) is 2. The molecular weight excluding hydrogens is 221 g/mol. The maximum Gasteiger partial charge on any atom is 0.380 e. The summed E-state index contributed by atoms with van der Waals surface area (Å²) >= 11 is 0. The topological polar surface area (TPSA) is 21.3 Å². The molecule has 1 aliphatic heterocycles. The van der Waals surface area contributed by atoms with Crippen LogP contribution in [0, 0.1) is 5.92 Å². The van der Waals surface area contributed by atoms with E-state index in [0.29, 0.717) is 13.1 Å². The van der Waals surface area contributed by atoms with E-state index < -0.39 is 0 Å². The average Bonchev–Trinajstić information content (AvgIpc) is 2.63. The van der Waals surface area contributed by atoms with Crippen LogP contribution in [0.1, 0.15) is 73.1 Å². The third-order valence-electron chi connectivity index (χ3n) is 4.50. The fourth-order valence-corrected chi connectivity index (χ4v) is 3.58. The minimum atomic E-state index is 0. The highest BCUT2D eigenvalue weighted by molar-refractivity contribution is 6.50. The van der Waals surface area contributed by atoms with E-state index in [0.717, 1.165) is 5.92 Å². The Morgan fingerprint density at radius 1 is 1.22 bits per heavy atom. The third-order valence-corrected chi connectivity index (χ3v) is 4.50. The lowest BCUT2D eigenvalue weighted by atomic mass is 9.75. The highest BCUT2D eigenvalue weighted by Crippen LogP contribution is 2.36. The van der Waals surface area contributed by atoms with Gasteiger partial charge >= 0.3 is 7.05 Å². The fraction of sp³-hybridized carbons (Fsp3) is 1.00. The molecule has 0 aromatic carbocycles. The summed E-state index contributed by atoms with van der Waals surface area (Å²) in [5.41, 5.74) is 0.0282. The lowest BCUT2D eigenvalue weighted by Gasteiger charge is -2.35. The van der Waals surface area contributed by atoms with Crippen molar-refractivity contribution in [2.45, 2.75) is 91.1 Å². The van der Waals surface area contributed by atoms with Gasteiger partial charge in [0, 0.05) is 6.04 Å². The fourth-order valence-electron chi connectivity index (χ4n) is 3.58. The molecule has 0 amide bonds. The molecule has 0 radical (unpaired) electrons. The Morgan fingerprint density at radius 3 is 2.50 bits per heavy atom. The second-order valence-corrected chi connectivity index (χ2v) is 6.39. The van der Waals surface area contributed by atoms with Crippen molar-refractivity contribution in [3.8, 4) is 0 Å². The Hall–Kier alpha value is -0.0151. The zero-order valence-electron chi connectivity index (χ0n) is 11.8.